The summed E-state index contributed by atoms with van der Waals surface area (Å²) >= 11 is 5.94. The fourth-order valence-electron chi connectivity index (χ4n) is 3.53. The molecule has 1 unspecified atom stereocenters. The van der Waals surface area contributed by atoms with Crippen molar-refractivity contribution >= 4 is 52.6 Å². The number of nitrogens with one attached hydrogen (secondary N) is 2. The molecule has 2 aliphatic rings. The quantitative estimate of drug-likeness (QED) is 0.675. The molecule has 0 spiro atoms. The third kappa shape index (κ3) is 5.03. The topological polar surface area (TPSA) is 104 Å². The van der Waals surface area contributed by atoms with E-state index in [4.69, 9.17) is 11.6 Å². The van der Waals surface area contributed by atoms with Crippen LogP contribution in [0.25, 0.3) is 0 Å². The van der Waals surface area contributed by atoms with Crippen molar-refractivity contribution in [1.82, 2.24) is 4.98 Å². The number of carbonyl (C=O) groups is 3. The molecule has 3 heterocycles. The lowest BCUT2D eigenvalue weighted by atomic mass is 10.1. The van der Waals surface area contributed by atoms with Crippen LogP contribution < -0.4 is 15.5 Å². The smallest absolute Gasteiger partial charge is 0.273 e. The summed E-state index contributed by atoms with van der Waals surface area (Å²) in [6.07, 6.45) is 9.02. The van der Waals surface area contributed by atoms with Crippen LogP contribution >= 0.6 is 11.6 Å². The average molecular weight is 452 g/mol. The maximum absolute atomic E-state index is 12.9. The van der Waals surface area contributed by atoms with Crippen molar-refractivity contribution in [3.63, 3.8) is 0 Å². The van der Waals surface area contributed by atoms with Gasteiger partial charge in [0.2, 0.25) is 5.91 Å². The molecule has 0 saturated carbocycles. The number of benzene rings is 1. The Morgan fingerprint density at radius 2 is 1.88 bits per heavy atom. The van der Waals surface area contributed by atoms with Crippen LogP contribution in [0.2, 0.25) is 0 Å². The summed E-state index contributed by atoms with van der Waals surface area (Å²) in [6, 6.07) is 8.65. The van der Waals surface area contributed by atoms with E-state index in [0.717, 1.165) is 18.5 Å². The number of carbonyl (C=O) groups excluding carboxylic acids is 3. The largest absolute Gasteiger partial charge is 0.322 e. The lowest BCUT2D eigenvalue weighted by molar-refractivity contribution is -0.119. The summed E-state index contributed by atoms with van der Waals surface area (Å²) < 4.78 is 0. The fraction of sp³-hybridized carbons (Fsp3) is 0.261. The van der Waals surface area contributed by atoms with E-state index in [0.29, 0.717) is 25.1 Å². The van der Waals surface area contributed by atoms with Gasteiger partial charge in [0.05, 0.1) is 22.8 Å². The zero-order chi connectivity index (χ0) is 22.5. The lowest BCUT2D eigenvalue weighted by Gasteiger charge is -2.26. The molecule has 0 aliphatic carbocycles. The van der Waals surface area contributed by atoms with Gasteiger partial charge in [-0.1, -0.05) is 6.08 Å². The number of aliphatic imine (C=N–C) groups is 1. The predicted molar refractivity (Wildman–Crippen MR) is 124 cm³/mol. The van der Waals surface area contributed by atoms with Crippen LogP contribution in [0.3, 0.4) is 0 Å². The normalized spacial score (nSPS) is 18.2. The van der Waals surface area contributed by atoms with Gasteiger partial charge >= 0.3 is 0 Å². The maximum Gasteiger partial charge on any atom is 0.273 e. The molecule has 32 heavy (non-hydrogen) atoms. The lowest BCUT2D eigenvalue weighted by Crippen LogP contribution is -2.35. The highest BCUT2D eigenvalue weighted by atomic mass is 35.5. The van der Waals surface area contributed by atoms with Gasteiger partial charge in [0.25, 0.3) is 11.8 Å². The minimum absolute atomic E-state index is 0.115. The van der Waals surface area contributed by atoms with Crippen LogP contribution in [0.5, 0.6) is 0 Å². The second-order valence-electron chi connectivity index (χ2n) is 7.50. The molecular formula is C23H22ClN5O3. The zero-order valence-corrected chi connectivity index (χ0v) is 18.0. The SMILES string of the molecule is O=C(Nc1cnccc1C(=O)Nc1ccc(N2CCCCC2=O)cc1)C1=CCC(Cl)C=N1. The third-order valence-electron chi connectivity index (χ3n) is 5.22. The van der Waals surface area contributed by atoms with Gasteiger partial charge in [-0.05, 0) is 49.6 Å². The van der Waals surface area contributed by atoms with E-state index in [1.165, 1.54) is 24.7 Å². The number of hydrogen-bond acceptors (Lipinski definition) is 5. The molecule has 1 aromatic carbocycles. The van der Waals surface area contributed by atoms with E-state index >= 15 is 0 Å². The first-order valence-electron chi connectivity index (χ1n) is 10.4. The van der Waals surface area contributed by atoms with Crippen LogP contribution in [0.15, 0.2) is 59.5 Å². The molecular weight excluding hydrogens is 430 g/mol. The molecule has 1 atom stereocenters. The number of piperidine rings is 1. The zero-order valence-electron chi connectivity index (χ0n) is 17.3. The van der Waals surface area contributed by atoms with Crippen LogP contribution in [-0.4, -0.2) is 40.8 Å². The van der Waals surface area contributed by atoms with Gasteiger partial charge < -0.3 is 15.5 Å². The number of allylic oxidation sites excluding steroid dienone is 1. The van der Waals surface area contributed by atoms with E-state index in [9.17, 15) is 14.4 Å². The summed E-state index contributed by atoms with van der Waals surface area (Å²) in [5, 5.41) is 5.27. The standard InChI is InChI=1S/C23H22ClN5O3/c24-15-4-9-19(26-13-15)23(32)28-20-14-25-11-10-18(20)22(31)27-16-5-7-17(8-6-16)29-12-2-1-3-21(29)30/h5-11,13-15H,1-4,12H2,(H,27,31)(H,28,32). The van der Waals surface area contributed by atoms with Gasteiger partial charge in [0, 0.05) is 36.8 Å². The molecule has 1 fully saturated rings. The number of rotatable bonds is 5. The van der Waals surface area contributed by atoms with E-state index in [-0.39, 0.29) is 28.2 Å². The summed E-state index contributed by atoms with van der Waals surface area (Å²) in [7, 11) is 0. The fourth-order valence-corrected chi connectivity index (χ4v) is 3.68. The monoisotopic (exact) mass is 451 g/mol. The number of hydrogen-bond donors (Lipinski definition) is 2. The molecule has 0 radical (unpaired) electrons. The highest BCUT2D eigenvalue weighted by Gasteiger charge is 2.20. The molecule has 164 valence electrons. The highest BCUT2D eigenvalue weighted by Crippen LogP contribution is 2.24. The van der Waals surface area contributed by atoms with Gasteiger partial charge in [-0.25, -0.2) is 0 Å². The third-order valence-corrected chi connectivity index (χ3v) is 5.51. The summed E-state index contributed by atoms with van der Waals surface area (Å²) in [4.78, 5) is 47.3. The van der Waals surface area contributed by atoms with Crippen molar-refractivity contribution in [2.24, 2.45) is 4.99 Å². The van der Waals surface area contributed by atoms with Crippen LogP contribution in [0, 0.1) is 0 Å². The maximum atomic E-state index is 12.9. The van der Waals surface area contributed by atoms with Gasteiger partial charge in [0.1, 0.15) is 5.70 Å². The van der Waals surface area contributed by atoms with Crippen molar-refractivity contribution < 1.29 is 14.4 Å². The molecule has 1 saturated heterocycles. The summed E-state index contributed by atoms with van der Waals surface area (Å²) in [5.41, 5.74) is 2.16. The van der Waals surface area contributed by atoms with Crippen LogP contribution in [0.4, 0.5) is 17.1 Å². The molecule has 2 aliphatic heterocycles. The Hall–Kier alpha value is -3.52. The number of halogens is 1. The van der Waals surface area contributed by atoms with E-state index in [1.807, 2.05) is 12.1 Å². The Labute approximate surface area is 190 Å². The van der Waals surface area contributed by atoms with Crippen molar-refractivity contribution in [1.29, 1.82) is 0 Å². The second-order valence-corrected chi connectivity index (χ2v) is 8.06. The van der Waals surface area contributed by atoms with Crippen LogP contribution in [0.1, 0.15) is 36.0 Å². The van der Waals surface area contributed by atoms with E-state index in [2.05, 4.69) is 20.6 Å². The van der Waals surface area contributed by atoms with E-state index < -0.39 is 11.8 Å². The van der Waals surface area contributed by atoms with Crippen molar-refractivity contribution in [2.75, 3.05) is 22.1 Å². The van der Waals surface area contributed by atoms with E-state index in [1.54, 1.807) is 23.1 Å². The Kier molecular flexibility index (Phi) is 6.61. The second kappa shape index (κ2) is 9.74. The number of alkyl halides is 1. The summed E-state index contributed by atoms with van der Waals surface area (Å²) in [6.45, 7) is 0.705. The number of pyridine rings is 1. The molecule has 2 N–H and O–H groups in total. The van der Waals surface area contributed by atoms with Crippen LogP contribution in [-0.2, 0) is 9.59 Å². The Bertz CT molecular complexity index is 1100. The van der Waals surface area contributed by atoms with Crippen molar-refractivity contribution in [3.8, 4) is 0 Å². The number of amides is 3. The van der Waals surface area contributed by atoms with Gasteiger partial charge in [-0.15, -0.1) is 11.6 Å². The Morgan fingerprint density at radius 3 is 2.59 bits per heavy atom. The Morgan fingerprint density at radius 1 is 1.06 bits per heavy atom. The number of anilines is 3. The van der Waals surface area contributed by atoms with Crippen molar-refractivity contribution in [3.05, 3.63) is 60.1 Å². The van der Waals surface area contributed by atoms with Gasteiger partial charge in [-0.3, -0.25) is 24.4 Å². The minimum Gasteiger partial charge on any atom is -0.322 e. The number of aromatic nitrogens is 1. The molecule has 3 amide bonds. The minimum atomic E-state index is -0.442. The van der Waals surface area contributed by atoms with Gasteiger partial charge in [0.15, 0.2) is 0 Å². The average Bonchev–Trinajstić information content (AvgIpc) is 2.81. The first-order valence-corrected chi connectivity index (χ1v) is 10.8. The predicted octanol–water partition coefficient (Wildman–Crippen LogP) is 3.76. The molecule has 2 aromatic rings. The molecule has 8 nitrogen and oxygen atoms in total. The van der Waals surface area contributed by atoms with Gasteiger partial charge in [-0.2, -0.15) is 0 Å². The number of nitrogens with zero attached hydrogens (tertiary/aromatic N) is 3. The highest BCUT2D eigenvalue weighted by molar-refractivity contribution is 6.28. The first kappa shape index (κ1) is 21.7. The Balaban J connectivity index is 1.44. The molecule has 4 rings (SSSR count). The molecule has 1 aromatic heterocycles. The van der Waals surface area contributed by atoms with Crippen molar-refractivity contribution in [2.45, 2.75) is 31.1 Å². The molecule has 0 bridgehead atoms. The molecule has 9 heteroatoms. The summed E-state index contributed by atoms with van der Waals surface area (Å²) in [5.74, 6) is -0.724. The first-order chi connectivity index (χ1) is 15.5.